The van der Waals surface area contributed by atoms with Gasteiger partial charge in [0.25, 0.3) is 0 Å². The highest BCUT2D eigenvalue weighted by Crippen LogP contribution is 2.44. The zero-order valence-corrected chi connectivity index (χ0v) is 23.8. The number of hydrogen-bond donors (Lipinski definition) is 0. The van der Waals surface area contributed by atoms with Gasteiger partial charge in [0.05, 0.1) is 11.4 Å². The predicted octanol–water partition coefficient (Wildman–Crippen LogP) is 10.5. The molecule has 42 heavy (non-hydrogen) atoms. The van der Waals surface area contributed by atoms with E-state index < -0.39 is 0 Å². The fraction of sp³-hybridized carbons (Fsp3) is 0.125. The molecule has 0 bridgehead atoms. The van der Waals surface area contributed by atoms with Crippen LogP contribution in [0.2, 0.25) is 0 Å². The zero-order valence-electron chi connectivity index (χ0n) is 23.8. The van der Waals surface area contributed by atoms with Crippen LogP contribution in [-0.4, -0.2) is 9.55 Å². The Labute approximate surface area is 247 Å². The van der Waals surface area contributed by atoms with E-state index in [4.69, 9.17) is 4.98 Å². The van der Waals surface area contributed by atoms with Crippen molar-refractivity contribution in [3.8, 4) is 27.9 Å². The van der Waals surface area contributed by atoms with Gasteiger partial charge in [0, 0.05) is 11.3 Å². The minimum atomic E-state index is 0.992. The molecule has 0 saturated carbocycles. The van der Waals surface area contributed by atoms with Crippen molar-refractivity contribution in [3.05, 3.63) is 144 Å². The average Bonchev–Trinajstić information content (AvgIpc) is 3.44. The molecule has 0 atom stereocenters. The fourth-order valence-corrected chi connectivity index (χ4v) is 6.78. The SMILES string of the molecule is Cc1ccc2c(-c3ccccc3)c3ccccc3c(-c3ccc(-n4c(C5=CCCC=C5)nc5c4C=CCC5)cc3)c2c1. The Morgan fingerprint density at radius 2 is 1.31 bits per heavy atom. The van der Waals surface area contributed by atoms with Gasteiger partial charge in [0.1, 0.15) is 5.82 Å². The third-order valence-electron chi connectivity index (χ3n) is 8.72. The Kier molecular flexibility index (Phi) is 6.00. The highest BCUT2D eigenvalue weighted by molar-refractivity contribution is 6.21. The van der Waals surface area contributed by atoms with E-state index >= 15 is 0 Å². The van der Waals surface area contributed by atoms with Crippen LogP contribution < -0.4 is 0 Å². The summed E-state index contributed by atoms with van der Waals surface area (Å²) in [5.41, 5.74) is 11.1. The molecule has 0 unspecified atom stereocenters. The lowest BCUT2D eigenvalue weighted by Crippen LogP contribution is -2.04. The second-order valence-corrected chi connectivity index (χ2v) is 11.4. The third-order valence-corrected chi connectivity index (χ3v) is 8.72. The van der Waals surface area contributed by atoms with Gasteiger partial charge in [0.2, 0.25) is 0 Å². The number of allylic oxidation sites excluding steroid dienone is 5. The van der Waals surface area contributed by atoms with E-state index in [1.807, 2.05) is 0 Å². The predicted molar refractivity (Wildman–Crippen MR) is 178 cm³/mol. The number of hydrogen-bond acceptors (Lipinski definition) is 1. The Morgan fingerprint density at radius 3 is 2.07 bits per heavy atom. The van der Waals surface area contributed by atoms with Crippen molar-refractivity contribution in [1.29, 1.82) is 0 Å². The maximum atomic E-state index is 5.15. The lowest BCUT2D eigenvalue weighted by molar-refractivity contribution is 0.936. The molecule has 5 aromatic carbocycles. The molecule has 0 amide bonds. The largest absolute Gasteiger partial charge is 0.293 e. The monoisotopic (exact) mass is 540 g/mol. The molecule has 8 rings (SSSR count). The quantitative estimate of drug-likeness (QED) is 0.203. The van der Waals surface area contributed by atoms with Crippen molar-refractivity contribution in [3.63, 3.8) is 0 Å². The first-order chi connectivity index (χ1) is 20.8. The summed E-state index contributed by atoms with van der Waals surface area (Å²) in [4.78, 5) is 5.15. The van der Waals surface area contributed by atoms with Crippen LogP contribution in [0.15, 0.2) is 121 Å². The molecule has 0 fully saturated rings. The van der Waals surface area contributed by atoms with Gasteiger partial charge >= 0.3 is 0 Å². The molecule has 0 spiro atoms. The van der Waals surface area contributed by atoms with E-state index in [9.17, 15) is 0 Å². The summed E-state index contributed by atoms with van der Waals surface area (Å²) in [6.45, 7) is 2.19. The van der Waals surface area contributed by atoms with Gasteiger partial charge in [-0.2, -0.15) is 0 Å². The third kappa shape index (κ3) is 4.06. The topological polar surface area (TPSA) is 17.8 Å². The van der Waals surface area contributed by atoms with Crippen LogP contribution in [0.1, 0.15) is 42.0 Å². The number of benzene rings is 5. The van der Waals surface area contributed by atoms with Crippen LogP contribution in [0.5, 0.6) is 0 Å². The molecule has 0 aliphatic heterocycles. The van der Waals surface area contributed by atoms with E-state index in [1.54, 1.807) is 0 Å². The van der Waals surface area contributed by atoms with Crippen molar-refractivity contribution in [2.75, 3.05) is 0 Å². The van der Waals surface area contributed by atoms with E-state index in [0.717, 1.165) is 37.2 Å². The lowest BCUT2D eigenvalue weighted by atomic mass is 9.85. The second kappa shape index (κ2) is 10.2. The van der Waals surface area contributed by atoms with Crippen LogP contribution >= 0.6 is 0 Å². The lowest BCUT2D eigenvalue weighted by Gasteiger charge is -2.19. The van der Waals surface area contributed by atoms with Gasteiger partial charge in [-0.05, 0) is 94.6 Å². The Bertz CT molecular complexity index is 2070. The molecule has 2 aliphatic carbocycles. The fourth-order valence-electron chi connectivity index (χ4n) is 6.78. The average molecular weight is 541 g/mol. The molecule has 2 heteroatoms. The molecule has 202 valence electrons. The van der Waals surface area contributed by atoms with Crippen molar-refractivity contribution in [1.82, 2.24) is 9.55 Å². The maximum Gasteiger partial charge on any atom is 0.144 e. The summed E-state index contributed by atoms with van der Waals surface area (Å²) in [5, 5.41) is 5.15. The first-order valence-electron chi connectivity index (χ1n) is 15.0. The number of aryl methyl sites for hydroxylation is 2. The molecule has 0 N–H and O–H groups in total. The highest BCUT2D eigenvalue weighted by atomic mass is 15.1. The van der Waals surface area contributed by atoms with Gasteiger partial charge in [-0.25, -0.2) is 4.98 Å². The van der Waals surface area contributed by atoms with E-state index in [1.165, 1.54) is 66.3 Å². The van der Waals surface area contributed by atoms with Crippen molar-refractivity contribution in [2.45, 2.75) is 32.6 Å². The first-order valence-corrected chi connectivity index (χ1v) is 15.0. The maximum absolute atomic E-state index is 5.15. The Balaban J connectivity index is 1.34. The number of imidazole rings is 1. The van der Waals surface area contributed by atoms with Gasteiger partial charge in [-0.1, -0.05) is 115 Å². The number of aromatic nitrogens is 2. The molecule has 1 heterocycles. The standard InChI is InChI=1S/C40H32N2/c1-27-20-25-34-35(26-27)39(33-17-9-8-16-32(33)38(34)28-12-4-2-5-13-28)29-21-23-31(24-22-29)42-37-19-11-10-18-36(37)41-40(42)30-14-6-3-7-15-30/h2,4-6,8-9,11-17,19-26H,3,7,10,18H2,1H3. The minimum Gasteiger partial charge on any atom is -0.293 e. The zero-order chi connectivity index (χ0) is 28.0. The van der Waals surface area contributed by atoms with Gasteiger partial charge in [-0.3, -0.25) is 4.57 Å². The van der Waals surface area contributed by atoms with Gasteiger partial charge in [-0.15, -0.1) is 0 Å². The summed E-state index contributed by atoms with van der Waals surface area (Å²) in [6.07, 6.45) is 15.6. The summed E-state index contributed by atoms with van der Waals surface area (Å²) < 4.78 is 2.36. The molecule has 0 saturated heterocycles. The summed E-state index contributed by atoms with van der Waals surface area (Å²) >= 11 is 0. The summed E-state index contributed by atoms with van der Waals surface area (Å²) in [7, 11) is 0. The first kappa shape index (κ1) is 24.8. The highest BCUT2D eigenvalue weighted by Gasteiger charge is 2.21. The molecule has 6 aromatic rings. The van der Waals surface area contributed by atoms with Gasteiger partial charge < -0.3 is 0 Å². The second-order valence-electron chi connectivity index (χ2n) is 11.4. The number of rotatable bonds is 4. The van der Waals surface area contributed by atoms with E-state index in [-0.39, 0.29) is 0 Å². The number of fused-ring (bicyclic) bond motifs is 3. The van der Waals surface area contributed by atoms with E-state index in [2.05, 4.69) is 139 Å². The van der Waals surface area contributed by atoms with Crippen LogP contribution in [-0.2, 0) is 6.42 Å². The van der Waals surface area contributed by atoms with Crippen molar-refractivity contribution >= 4 is 33.2 Å². The molecule has 0 radical (unpaired) electrons. The smallest absolute Gasteiger partial charge is 0.144 e. The summed E-state index contributed by atoms with van der Waals surface area (Å²) in [5.74, 6) is 1.05. The van der Waals surface area contributed by atoms with E-state index in [0.29, 0.717) is 0 Å². The van der Waals surface area contributed by atoms with Crippen LogP contribution in [0.25, 0.3) is 61.1 Å². The molecular weight excluding hydrogens is 508 g/mol. The minimum absolute atomic E-state index is 0.992. The molecule has 2 nitrogen and oxygen atoms in total. The molecule has 2 aliphatic rings. The van der Waals surface area contributed by atoms with Crippen LogP contribution in [0.4, 0.5) is 0 Å². The van der Waals surface area contributed by atoms with Crippen molar-refractivity contribution in [2.24, 2.45) is 0 Å². The van der Waals surface area contributed by atoms with Crippen LogP contribution in [0.3, 0.4) is 0 Å². The summed E-state index contributed by atoms with van der Waals surface area (Å²) in [6, 6.07) is 35.7. The number of nitrogens with zero attached hydrogens (tertiary/aromatic N) is 2. The van der Waals surface area contributed by atoms with Crippen molar-refractivity contribution < 1.29 is 0 Å². The van der Waals surface area contributed by atoms with Crippen LogP contribution in [0, 0.1) is 6.92 Å². The molecular formula is C40H32N2. The Morgan fingerprint density at radius 1 is 0.619 bits per heavy atom. The Hall–Kier alpha value is -4.95. The normalized spacial score (nSPS) is 14.4. The van der Waals surface area contributed by atoms with Gasteiger partial charge in [0.15, 0.2) is 0 Å². The molecule has 1 aromatic heterocycles.